The van der Waals surface area contributed by atoms with E-state index in [1.165, 1.54) is 6.07 Å². The summed E-state index contributed by atoms with van der Waals surface area (Å²) in [5, 5.41) is 20.4. The van der Waals surface area contributed by atoms with Crippen molar-refractivity contribution in [3.05, 3.63) is 52.3 Å². The van der Waals surface area contributed by atoms with E-state index >= 15 is 0 Å². The van der Waals surface area contributed by atoms with Crippen LogP contribution >= 0.6 is 15.9 Å². The smallest absolute Gasteiger partial charge is 0.323 e. The lowest BCUT2D eigenvalue weighted by Gasteiger charge is -2.22. The molecular formula is C23H29BrFN5O3. The summed E-state index contributed by atoms with van der Waals surface area (Å²) >= 11 is 3.52. The first-order valence-corrected chi connectivity index (χ1v) is 11.0. The minimum atomic E-state index is -0.767. The monoisotopic (exact) mass is 521 g/mol. The molecule has 2 rings (SSSR count). The molecule has 3 N–H and O–H groups in total. The summed E-state index contributed by atoms with van der Waals surface area (Å²) in [6.07, 6.45) is 0.848. The van der Waals surface area contributed by atoms with Crippen molar-refractivity contribution in [2.75, 3.05) is 44.9 Å². The van der Waals surface area contributed by atoms with Gasteiger partial charge < -0.3 is 25.4 Å². The first-order valence-electron chi connectivity index (χ1n) is 10.2. The predicted molar refractivity (Wildman–Crippen MR) is 135 cm³/mol. The molecule has 8 nitrogen and oxygen atoms in total. The predicted octanol–water partition coefficient (Wildman–Crippen LogP) is 5.14. The number of hydrogen-bond acceptors (Lipinski definition) is 6. The number of nitrogens with zero attached hydrogens (tertiary/aromatic N) is 3. The van der Waals surface area contributed by atoms with E-state index in [0.717, 1.165) is 35.3 Å². The summed E-state index contributed by atoms with van der Waals surface area (Å²) in [6.45, 7) is 6.88. The summed E-state index contributed by atoms with van der Waals surface area (Å²) < 4.78 is 20.1. The van der Waals surface area contributed by atoms with Crippen LogP contribution in [-0.4, -0.2) is 62.1 Å². The van der Waals surface area contributed by atoms with Crippen LogP contribution in [0.2, 0.25) is 0 Å². The Labute approximate surface area is 201 Å². The van der Waals surface area contributed by atoms with Gasteiger partial charge in [0.05, 0.1) is 12.3 Å². The van der Waals surface area contributed by atoms with Gasteiger partial charge in [0.2, 0.25) is 0 Å². The van der Waals surface area contributed by atoms with Gasteiger partial charge >= 0.3 is 6.03 Å². The van der Waals surface area contributed by atoms with Gasteiger partial charge in [-0.1, -0.05) is 15.9 Å². The molecule has 0 fully saturated rings. The van der Waals surface area contributed by atoms with Crippen LogP contribution in [0.25, 0.3) is 5.70 Å². The molecule has 0 saturated carbocycles. The first kappa shape index (κ1) is 26.1. The van der Waals surface area contributed by atoms with Crippen molar-refractivity contribution < 1.29 is 19.0 Å². The highest BCUT2D eigenvalue weighted by Crippen LogP contribution is 2.35. The lowest BCUT2D eigenvalue weighted by molar-refractivity contribution is 0.262. The molecule has 0 saturated heterocycles. The van der Waals surface area contributed by atoms with Crippen LogP contribution in [-0.2, 0) is 0 Å². The van der Waals surface area contributed by atoms with Gasteiger partial charge in [0.25, 0.3) is 0 Å². The van der Waals surface area contributed by atoms with Crippen LogP contribution in [0.15, 0.2) is 46.0 Å². The van der Waals surface area contributed by atoms with Crippen molar-refractivity contribution in [2.45, 2.75) is 13.3 Å². The average Bonchev–Trinajstić information content (AvgIpc) is 2.74. The molecule has 0 aromatic heterocycles. The Morgan fingerprint density at radius 2 is 1.82 bits per heavy atom. The molecule has 0 bridgehead atoms. The van der Waals surface area contributed by atoms with Gasteiger partial charge in [-0.3, -0.25) is 5.01 Å². The standard InChI is InChI=1S/C23H29BrFN5O3/c1-15(24)22(30(5)26-2)18-13-16(8-10-21(18)33-12-6-11-29(3)4)27-23(32)28-17-7-9-19(25)20(31)14-17/h7-10,13-14,31H,2,6,11-12H2,1,3-5H3,(H2,27,28,32)/b22-15+. The van der Waals surface area contributed by atoms with E-state index < -0.39 is 17.6 Å². The van der Waals surface area contributed by atoms with E-state index in [0.29, 0.717) is 23.6 Å². The van der Waals surface area contributed by atoms with E-state index in [2.05, 4.69) is 43.3 Å². The van der Waals surface area contributed by atoms with Crippen LogP contribution in [0, 0.1) is 5.82 Å². The summed E-state index contributed by atoms with van der Waals surface area (Å²) in [5.74, 6) is -0.683. The number of hydrogen-bond donors (Lipinski definition) is 3. The molecule has 0 aliphatic heterocycles. The molecule has 0 aliphatic carbocycles. The number of amides is 2. The summed E-state index contributed by atoms with van der Waals surface area (Å²) in [5.41, 5.74) is 2.18. The second kappa shape index (κ2) is 12.2. The van der Waals surface area contributed by atoms with Gasteiger partial charge in [-0.2, -0.15) is 5.10 Å². The Hall–Kier alpha value is -3.11. The number of anilines is 2. The topological polar surface area (TPSA) is 89.4 Å². The number of ether oxygens (including phenoxy) is 1. The molecule has 10 heteroatoms. The number of phenolic OH excluding ortho intramolecular Hbond substituents is 1. The molecule has 33 heavy (non-hydrogen) atoms. The lowest BCUT2D eigenvalue weighted by atomic mass is 10.1. The highest BCUT2D eigenvalue weighted by atomic mass is 79.9. The van der Waals surface area contributed by atoms with Gasteiger partial charge in [-0.05, 0) is 57.8 Å². The van der Waals surface area contributed by atoms with E-state index in [1.807, 2.05) is 21.0 Å². The second-order valence-corrected chi connectivity index (χ2v) is 8.70. The van der Waals surface area contributed by atoms with Crippen LogP contribution in [0.4, 0.5) is 20.6 Å². The summed E-state index contributed by atoms with van der Waals surface area (Å²) in [7, 11) is 5.77. The van der Waals surface area contributed by atoms with E-state index in [1.54, 1.807) is 30.3 Å². The number of rotatable bonds is 10. The minimum absolute atomic E-state index is 0.250. The van der Waals surface area contributed by atoms with Crippen molar-refractivity contribution in [2.24, 2.45) is 5.10 Å². The first-order chi connectivity index (χ1) is 15.6. The highest BCUT2D eigenvalue weighted by Gasteiger charge is 2.17. The average molecular weight is 522 g/mol. The third-order valence-electron chi connectivity index (χ3n) is 4.57. The van der Waals surface area contributed by atoms with Crippen molar-refractivity contribution in [3.63, 3.8) is 0 Å². The van der Waals surface area contributed by atoms with Gasteiger partial charge in [0, 0.05) is 47.8 Å². The van der Waals surface area contributed by atoms with E-state index in [4.69, 9.17) is 4.74 Å². The van der Waals surface area contributed by atoms with E-state index in [-0.39, 0.29) is 5.69 Å². The van der Waals surface area contributed by atoms with Crippen molar-refractivity contribution in [3.8, 4) is 11.5 Å². The van der Waals surface area contributed by atoms with Crippen LogP contribution < -0.4 is 15.4 Å². The molecule has 0 spiro atoms. The van der Waals surface area contributed by atoms with Crippen LogP contribution in [0.3, 0.4) is 0 Å². The molecule has 0 aliphatic rings. The Kier molecular flexibility index (Phi) is 9.68. The fourth-order valence-electron chi connectivity index (χ4n) is 3.02. The Bertz CT molecular complexity index is 1030. The van der Waals surface area contributed by atoms with Crippen molar-refractivity contribution >= 4 is 45.8 Å². The SMILES string of the molecule is C=NN(C)/C(=C(\C)Br)c1cc(NC(=O)Nc2ccc(F)c(O)c2)ccc1OCCCN(C)C. The van der Waals surface area contributed by atoms with Gasteiger partial charge in [-0.25, -0.2) is 9.18 Å². The zero-order valence-corrected chi connectivity index (χ0v) is 20.7. The minimum Gasteiger partial charge on any atom is -0.505 e. The molecule has 0 unspecified atom stereocenters. The molecule has 2 aromatic rings. The van der Waals surface area contributed by atoms with Gasteiger partial charge in [0.1, 0.15) is 5.75 Å². The van der Waals surface area contributed by atoms with E-state index in [9.17, 15) is 14.3 Å². The maximum absolute atomic E-state index is 13.2. The maximum atomic E-state index is 13.2. The van der Waals surface area contributed by atoms with Crippen LogP contribution in [0.1, 0.15) is 18.9 Å². The number of urea groups is 1. The second-order valence-electron chi connectivity index (χ2n) is 7.51. The Morgan fingerprint density at radius 3 is 2.39 bits per heavy atom. The van der Waals surface area contributed by atoms with Crippen molar-refractivity contribution in [1.82, 2.24) is 9.91 Å². The summed E-state index contributed by atoms with van der Waals surface area (Å²) in [6, 6.07) is 8.26. The fraction of sp³-hybridized carbons (Fsp3) is 0.304. The Morgan fingerprint density at radius 1 is 1.18 bits per heavy atom. The number of halogens is 2. The number of carbonyl (C=O) groups excluding carboxylic acids is 1. The number of hydrazone groups is 1. The third kappa shape index (κ3) is 7.76. The molecule has 0 radical (unpaired) electrons. The molecule has 2 aromatic carbocycles. The van der Waals surface area contributed by atoms with Crippen LogP contribution in [0.5, 0.6) is 11.5 Å². The number of benzene rings is 2. The zero-order valence-electron chi connectivity index (χ0n) is 19.2. The fourth-order valence-corrected chi connectivity index (χ4v) is 3.49. The van der Waals surface area contributed by atoms with Gasteiger partial charge in [-0.15, -0.1) is 0 Å². The number of nitrogens with one attached hydrogen (secondary N) is 2. The van der Waals surface area contributed by atoms with Crippen molar-refractivity contribution in [1.29, 1.82) is 0 Å². The largest absolute Gasteiger partial charge is 0.505 e. The quantitative estimate of drug-likeness (QED) is 0.229. The Balaban J connectivity index is 2.28. The number of carbonyl (C=O) groups is 1. The lowest BCUT2D eigenvalue weighted by Crippen LogP contribution is -2.20. The maximum Gasteiger partial charge on any atom is 0.323 e. The number of phenols is 1. The normalized spacial score (nSPS) is 11.6. The molecule has 0 heterocycles. The summed E-state index contributed by atoms with van der Waals surface area (Å²) in [4.78, 5) is 14.5. The van der Waals surface area contributed by atoms with Gasteiger partial charge in [0.15, 0.2) is 11.6 Å². The number of allylic oxidation sites excluding steroid dienone is 1. The third-order valence-corrected chi connectivity index (χ3v) is 4.94. The molecular weight excluding hydrogens is 493 g/mol. The molecule has 0 atom stereocenters. The number of aromatic hydroxyl groups is 1. The molecule has 178 valence electrons. The zero-order chi connectivity index (χ0) is 24.5. The molecule has 2 amide bonds. The highest BCUT2D eigenvalue weighted by molar-refractivity contribution is 9.11.